The molecule has 0 radical (unpaired) electrons. The zero-order valence-corrected chi connectivity index (χ0v) is 9.53. The van der Waals surface area contributed by atoms with E-state index in [2.05, 4.69) is 22.9 Å². The number of alkyl halides is 1. The van der Waals surface area contributed by atoms with Crippen LogP contribution in [0.25, 0.3) is 0 Å². The highest BCUT2D eigenvalue weighted by molar-refractivity contribution is 9.09. The molecule has 1 unspecified atom stereocenters. The summed E-state index contributed by atoms with van der Waals surface area (Å²) in [5, 5.41) is 9.89. The zero-order chi connectivity index (χ0) is 9.42. The summed E-state index contributed by atoms with van der Waals surface area (Å²) in [4.78, 5) is 0. The van der Waals surface area contributed by atoms with Gasteiger partial charge in [0.1, 0.15) is 0 Å². The molecule has 0 aromatic carbocycles. The third kappa shape index (κ3) is 1.81. The van der Waals surface area contributed by atoms with E-state index in [1.54, 1.807) is 0 Å². The van der Waals surface area contributed by atoms with Crippen LogP contribution >= 0.6 is 15.9 Å². The molecule has 4 heteroatoms. The van der Waals surface area contributed by atoms with Crippen LogP contribution < -0.4 is 0 Å². The van der Waals surface area contributed by atoms with Crippen molar-refractivity contribution in [2.24, 2.45) is 17.8 Å². The molecule has 2 nitrogen and oxygen atoms in total. The number of rotatable bonds is 3. The molecule has 13 heavy (non-hydrogen) atoms. The minimum absolute atomic E-state index is 0.344. The van der Waals surface area contributed by atoms with E-state index in [-0.39, 0.29) is 0 Å². The van der Waals surface area contributed by atoms with E-state index in [0.29, 0.717) is 17.3 Å². The predicted molar refractivity (Wildman–Crippen MR) is 56.6 cm³/mol. The Bertz CT molecular complexity index is 188. The van der Waals surface area contributed by atoms with E-state index < -0.39 is 7.12 Å². The Morgan fingerprint density at radius 1 is 1.54 bits per heavy atom. The monoisotopic (exact) mass is 246 g/mol. The lowest BCUT2D eigenvalue weighted by molar-refractivity contribution is -0.0945. The second-order valence-corrected chi connectivity index (χ2v) is 5.07. The topological polar surface area (TPSA) is 29.5 Å². The van der Waals surface area contributed by atoms with E-state index >= 15 is 0 Å². The normalized spacial score (nSPS) is 42.7. The van der Waals surface area contributed by atoms with Crippen LogP contribution in [0.15, 0.2) is 0 Å². The molecular formula is C9H16BBrO2. The van der Waals surface area contributed by atoms with Crippen LogP contribution in [0.5, 0.6) is 0 Å². The highest BCUT2D eigenvalue weighted by Crippen LogP contribution is 2.50. The van der Waals surface area contributed by atoms with Crippen molar-refractivity contribution in [3.05, 3.63) is 0 Å². The summed E-state index contributed by atoms with van der Waals surface area (Å²) in [5.74, 6) is 2.24. The fraction of sp³-hybridized carbons (Fsp3) is 1.00. The van der Waals surface area contributed by atoms with E-state index in [1.165, 1.54) is 19.3 Å². The van der Waals surface area contributed by atoms with Crippen molar-refractivity contribution in [1.82, 2.24) is 0 Å². The van der Waals surface area contributed by atoms with Gasteiger partial charge < -0.3 is 9.68 Å². The summed E-state index contributed by atoms with van der Waals surface area (Å²) in [5.41, 5.74) is 0. The summed E-state index contributed by atoms with van der Waals surface area (Å²) in [6.45, 7) is 2.30. The Morgan fingerprint density at radius 3 is 2.85 bits per heavy atom. The van der Waals surface area contributed by atoms with Gasteiger partial charge in [0.2, 0.25) is 0 Å². The standard InChI is InChI=1S/C9H16BBrO2/c1-6-2-3-7-4-8(6)9(7)13-10(12)5-11/h6-9,12H,2-5H2,1H3/t6-,7+,8+,9?/m0/s1. The second-order valence-electron chi connectivity index (χ2n) is 4.42. The van der Waals surface area contributed by atoms with Crippen molar-refractivity contribution in [3.8, 4) is 0 Å². The van der Waals surface area contributed by atoms with Crippen LogP contribution in [0.1, 0.15) is 26.2 Å². The third-order valence-electron chi connectivity index (χ3n) is 3.63. The van der Waals surface area contributed by atoms with Gasteiger partial charge >= 0.3 is 7.12 Å². The van der Waals surface area contributed by atoms with Gasteiger partial charge in [-0.1, -0.05) is 22.9 Å². The van der Waals surface area contributed by atoms with Crippen molar-refractivity contribution in [2.45, 2.75) is 32.3 Å². The first kappa shape index (κ1) is 10.00. The van der Waals surface area contributed by atoms with E-state index in [0.717, 1.165) is 11.8 Å². The van der Waals surface area contributed by atoms with E-state index in [9.17, 15) is 5.02 Å². The van der Waals surface area contributed by atoms with Gasteiger partial charge in [0.25, 0.3) is 0 Å². The van der Waals surface area contributed by atoms with E-state index in [4.69, 9.17) is 4.65 Å². The predicted octanol–water partition coefficient (Wildman–Crippen LogP) is 1.85. The summed E-state index contributed by atoms with van der Waals surface area (Å²) in [7, 11) is -0.611. The lowest BCUT2D eigenvalue weighted by Crippen LogP contribution is -2.53. The highest BCUT2D eigenvalue weighted by Gasteiger charge is 2.48. The molecule has 3 saturated carbocycles. The Balaban J connectivity index is 1.87. The summed E-state index contributed by atoms with van der Waals surface area (Å²) in [6.07, 6.45) is 4.30. The van der Waals surface area contributed by atoms with Gasteiger partial charge in [0.05, 0.1) is 0 Å². The number of hydrogen-bond donors (Lipinski definition) is 1. The average molecular weight is 247 g/mol. The van der Waals surface area contributed by atoms with Crippen molar-refractivity contribution in [1.29, 1.82) is 0 Å². The fourth-order valence-electron chi connectivity index (χ4n) is 2.73. The number of halogens is 1. The summed E-state index contributed by atoms with van der Waals surface area (Å²) in [6, 6.07) is 0. The first-order valence-electron chi connectivity index (χ1n) is 5.12. The van der Waals surface area contributed by atoms with E-state index in [1.807, 2.05) is 0 Å². The molecular weight excluding hydrogens is 231 g/mol. The molecule has 0 heterocycles. The quantitative estimate of drug-likeness (QED) is 0.609. The zero-order valence-electron chi connectivity index (χ0n) is 7.95. The Kier molecular flexibility index (Phi) is 3.01. The molecule has 0 amide bonds. The van der Waals surface area contributed by atoms with Crippen LogP contribution in [0, 0.1) is 17.8 Å². The van der Waals surface area contributed by atoms with Gasteiger partial charge in [-0.2, -0.15) is 0 Å². The van der Waals surface area contributed by atoms with Gasteiger partial charge in [-0.25, -0.2) is 0 Å². The number of fused-ring (bicyclic) bond motifs is 2. The molecule has 0 aromatic heterocycles. The van der Waals surface area contributed by atoms with Crippen LogP contribution in [0.4, 0.5) is 0 Å². The largest absolute Gasteiger partial charge is 0.465 e. The molecule has 3 rings (SSSR count). The minimum Gasteiger partial charge on any atom is -0.426 e. The summed E-state index contributed by atoms with van der Waals surface area (Å²) >= 11 is 3.22. The lowest BCUT2D eigenvalue weighted by atomic mass is 9.58. The third-order valence-corrected chi connectivity index (χ3v) is 4.19. The van der Waals surface area contributed by atoms with Crippen molar-refractivity contribution < 1.29 is 9.68 Å². The van der Waals surface area contributed by atoms with Crippen LogP contribution in [-0.2, 0) is 4.65 Å². The van der Waals surface area contributed by atoms with Crippen molar-refractivity contribution in [3.63, 3.8) is 0 Å². The molecule has 3 aliphatic carbocycles. The van der Waals surface area contributed by atoms with Crippen LogP contribution in [0.2, 0.25) is 0 Å². The SMILES string of the molecule is C[C@H]1CC[C@@H]2C[C@H]1C2OB(O)CBr. The molecule has 0 saturated heterocycles. The Hall–Kier alpha value is 0.465. The summed E-state index contributed by atoms with van der Waals surface area (Å²) < 4.78 is 5.58. The fourth-order valence-corrected chi connectivity index (χ4v) is 2.88. The highest BCUT2D eigenvalue weighted by atomic mass is 79.9. The first-order valence-corrected chi connectivity index (χ1v) is 6.24. The molecule has 1 N–H and O–H groups in total. The van der Waals surface area contributed by atoms with Crippen molar-refractivity contribution >= 4 is 23.0 Å². The number of hydrogen-bond acceptors (Lipinski definition) is 2. The maximum atomic E-state index is 9.37. The molecule has 3 fully saturated rings. The molecule has 0 aromatic rings. The minimum atomic E-state index is -0.611. The second kappa shape index (κ2) is 3.91. The van der Waals surface area contributed by atoms with Gasteiger partial charge in [0, 0.05) is 11.3 Å². The molecule has 0 aliphatic heterocycles. The maximum absolute atomic E-state index is 9.37. The maximum Gasteiger partial charge on any atom is 0.465 e. The molecule has 4 atom stereocenters. The first-order chi connectivity index (χ1) is 6.22. The lowest BCUT2D eigenvalue weighted by Gasteiger charge is -2.53. The average Bonchev–Trinajstić information content (AvgIpc) is 2.13. The van der Waals surface area contributed by atoms with Gasteiger partial charge in [0.15, 0.2) is 0 Å². The molecule has 0 spiro atoms. The van der Waals surface area contributed by atoms with Crippen molar-refractivity contribution in [2.75, 3.05) is 5.23 Å². The Labute approximate surface area is 88.3 Å². The van der Waals surface area contributed by atoms with Gasteiger partial charge in [-0.15, -0.1) is 0 Å². The van der Waals surface area contributed by atoms with Gasteiger partial charge in [-0.3, -0.25) is 0 Å². The Morgan fingerprint density at radius 2 is 2.31 bits per heavy atom. The molecule has 2 bridgehead atoms. The molecule has 3 aliphatic rings. The van der Waals surface area contributed by atoms with Crippen LogP contribution in [-0.4, -0.2) is 23.5 Å². The van der Waals surface area contributed by atoms with Gasteiger partial charge in [-0.05, 0) is 37.0 Å². The molecule has 74 valence electrons. The smallest absolute Gasteiger partial charge is 0.426 e. The van der Waals surface area contributed by atoms with Crippen LogP contribution in [0.3, 0.4) is 0 Å².